The van der Waals surface area contributed by atoms with Crippen LogP contribution >= 0.6 is 0 Å². The summed E-state index contributed by atoms with van der Waals surface area (Å²) in [5, 5.41) is 12.5. The topological polar surface area (TPSA) is 58.6 Å². The minimum Gasteiger partial charge on any atom is -0.508 e. The lowest BCUT2D eigenvalue weighted by Crippen LogP contribution is -2.08. The van der Waals surface area contributed by atoms with E-state index in [4.69, 9.17) is 4.74 Å². The maximum Gasteiger partial charge on any atom is 0.252 e. The maximum atomic E-state index is 11.8. The normalized spacial score (nSPS) is 11.4. The van der Waals surface area contributed by atoms with Crippen LogP contribution in [0.3, 0.4) is 0 Å². The van der Waals surface area contributed by atoms with Gasteiger partial charge in [-0.05, 0) is 42.8 Å². The van der Waals surface area contributed by atoms with Gasteiger partial charge in [-0.3, -0.25) is 4.79 Å². The zero-order valence-corrected chi connectivity index (χ0v) is 12.9. The molecule has 0 aliphatic carbocycles. The van der Waals surface area contributed by atoms with Gasteiger partial charge in [0.05, 0.1) is 6.61 Å². The molecule has 0 spiro atoms. The highest BCUT2D eigenvalue weighted by atomic mass is 16.5. The van der Waals surface area contributed by atoms with E-state index in [1.54, 1.807) is 18.2 Å². The van der Waals surface area contributed by atoms with E-state index >= 15 is 0 Å². The summed E-state index contributed by atoms with van der Waals surface area (Å²) >= 11 is 0. The van der Waals surface area contributed by atoms with Gasteiger partial charge >= 0.3 is 0 Å². The smallest absolute Gasteiger partial charge is 0.252 e. The van der Waals surface area contributed by atoms with Crippen LogP contribution in [0.4, 0.5) is 5.69 Å². The standard InChI is InChI=1S/C19H19NO3/c1-2-23-18-12-9-15(10-13-18)8-11-17(21)14-19(22)20-16-6-4-3-5-7-16/h3-14,21H,2H2,1H3,(H,20,22)/b11-8+,17-14-. The fourth-order valence-corrected chi connectivity index (χ4v) is 1.91. The van der Waals surface area contributed by atoms with E-state index < -0.39 is 0 Å². The fourth-order valence-electron chi connectivity index (χ4n) is 1.91. The largest absolute Gasteiger partial charge is 0.508 e. The van der Waals surface area contributed by atoms with Gasteiger partial charge in [0, 0.05) is 11.8 Å². The molecule has 0 saturated carbocycles. The third-order valence-electron chi connectivity index (χ3n) is 2.96. The Morgan fingerprint density at radius 1 is 1.13 bits per heavy atom. The molecule has 4 heteroatoms. The minimum absolute atomic E-state index is 0.118. The molecule has 0 atom stereocenters. The molecule has 1 amide bonds. The van der Waals surface area contributed by atoms with E-state index in [9.17, 15) is 9.90 Å². The van der Waals surface area contributed by atoms with Crippen LogP contribution in [0.25, 0.3) is 6.08 Å². The second-order valence-electron chi connectivity index (χ2n) is 4.76. The molecule has 2 N–H and O–H groups in total. The number of rotatable bonds is 6. The maximum absolute atomic E-state index is 11.8. The van der Waals surface area contributed by atoms with E-state index in [0.717, 1.165) is 17.4 Å². The Kier molecular flexibility index (Phi) is 6.00. The number of ether oxygens (including phenoxy) is 1. The van der Waals surface area contributed by atoms with Crippen molar-refractivity contribution >= 4 is 17.7 Å². The highest BCUT2D eigenvalue weighted by molar-refractivity contribution is 5.99. The molecule has 4 nitrogen and oxygen atoms in total. The van der Waals surface area contributed by atoms with E-state index in [1.165, 1.54) is 6.08 Å². The van der Waals surface area contributed by atoms with Crippen molar-refractivity contribution in [3.63, 3.8) is 0 Å². The molecule has 0 aromatic heterocycles. The number of amides is 1. The average molecular weight is 309 g/mol. The molecule has 0 fully saturated rings. The lowest BCUT2D eigenvalue weighted by molar-refractivity contribution is -0.112. The lowest BCUT2D eigenvalue weighted by atomic mass is 10.2. The Bertz CT molecular complexity index is 688. The SMILES string of the molecule is CCOc1ccc(/C=C/C(O)=C/C(=O)Nc2ccccc2)cc1. The molecule has 0 bridgehead atoms. The first-order chi connectivity index (χ1) is 11.2. The summed E-state index contributed by atoms with van der Waals surface area (Å²) in [5.74, 6) is 0.295. The first-order valence-electron chi connectivity index (χ1n) is 7.35. The van der Waals surface area contributed by atoms with Gasteiger partial charge in [0.15, 0.2) is 0 Å². The summed E-state index contributed by atoms with van der Waals surface area (Å²) in [4.78, 5) is 11.8. The Balaban J connectivity index is 1.94. The highest BCUT2D eigenvalue weighted by Crippen LogP contribution is 2.13. The van der Waals surface area contributed by atoms with Crippen LogP contribution in [0.15, 0.2) is 72.5 Å². The Hall–Kier alpha value is -3.01. The predicted molar refractivity (Wildman–Crippen MR) is 92.4 cm³/mol. The van der Waals surface area contributed by atoms with Crippen LogP contribution in [0.5, 0.6) is 5.75 Å². The first kappa shape index (κ1) is 16.4. The number of hydrogen-bond acceptors (Lipinski definition) is 3. The predicted octanol–water partition coefficient (Wildman–Crippen LogP) is 4.18. The van der Waals surface area contributed by atoms with Gasteiger partial charge in [-0.2, -0.15) is 0 Å². The zero-order valence-electron chi connectivity index (χ0n) is 12.9. The lowest BCUT2D eigenvalue weighted by Gasteiger charge is -2.02. The van der Waals surface area contributed by atoms with Crippen LogP contribution in [0, 0.1) is 0 Å². The van der Waals surface area contributed by atoms with Crippen molar-refractivity contribution in [2.75, 3.05) is 11.9 Å². The average Bonchev–Trinajstić information content (AvgIpc) is 2.55. The van der Waals surface area contributed by atoms with Crippen LogP contribution in [-0.4, -0.2) is 17.6 Å². The summed E-state index contributed by atoms with van der Waals surface area (Å²) in [6.45, 7) is 2.55. The van der Waals surface area contributed by atoms with Gasteiger partial charge < -0.3 is 15.2 Å². The number of allylic oxidation sites excluding steroid dienone is 1. The Labute approximate surface area is 135 Å². The summed E-state index contributed by atoms with van der Waals surface area (Å²) in [6, 6.07) is 16.5. The van der Waals surface area contributed by atoms with Crippen LogP contribution < -0.4 is 10.1 Å². The van der Waals surface area contributed by atoms with E-state index in [0.29, 0.717) is 12.3 Å². The molecule has 118 valence electrons. The third-order valence-corrected chi connectivity index (χ3v) is 2.96. The molecule has 0 heterocycles. The second kappa shape index (κ2) is 8.44. The van der Waals surface area contributed by atoms with Crippen LogP contribution in [0.2, 0.25) is 0 Å². The second-order valence-corrected chi connectivity index (χ2v) is 4.76. The summed E-state index contributed by atoms with van der Waals surface area (Å²) in [6.07, 6.45) is 4.33. The van der Waals surface area contributed by atoms with Crippen molar-refractivity contribution < 1.29 is 14.6 Å². The van der Waals surface area contributed by atoms with Gasteiger partial charge in [-0.25, -0.2) is 0 Å². The van der Waals surface area contributed by atoms with Crippen molar-refractivity contribution in [1.29, 1.82) is 0 Å². The minimum atomic E-state index is -0.384. The summed E-state index contributed by atoms with van der Waals surface area (Å²) < 4.78 is 5.36. The number of anilines is 1. The van der Waals surface area contributed by atoms with Gasteiger partial charge in [0.2, 0.25) is 0 Å². The molecule has 2 aromatic rings. The number of aliphatic hydroxyl groups is 1. The number of carbonyl (C=O) groups excluding carboxylic acids is 1. The molecule has 2 rings (SSSR count). The van der Waals surface area contributed by atoms with E-state index in [1.807, 2.05) is 49.4 Å². The monoisotopic (exact) mass is 309 g/mol. The molecular formula is C19H19NO3. The van der Waals surface area contributed by atoms with Crippen molar-refractivity contribution in [3.05, 3.63) is 78.1 Å². The van der Waals surface area contributed by atoms with Crippen molar-refractivity contribution in [2.24, 2.45) is 0 Å². The molecule has 0 radical (unpaired) electrons. The first-order valence-corrected chi connectivity index (χ1v) is 7.35. The fraction of sp³-hybridized carbons (Fsp3) is 0.105. The van der Waals surface area contributed by atoms with Crippen molar-refractivity contribution in [2.45, 2.75) is 6.92 Å². The molecule has 23 heavy (non-hydrogen) atoms. The molecule has 0 saturated heterocycles. The number of benzene rings is 2. The van der Waals surface area contributed by atoms with Gasteiger partial charge in [-0.1, -0.05) is 36.4 Å². The summed E-state index contributed by atoms with van der Waals surface area (Å²) in [5.41, 5.74) is 1.58. The van der Waals surface area contributed by atoms with Crippen LogP contribution in [0.1, 0.15) is 12.5 Å². The number of para-hydroxylation sites is 1. The molecule has 2 aromatic carbocycles. The Morgan fingerprint density at radius 2 is 1.83 bits per heavy atom. The van der Waals surface area contributed by atoms with Crippen LogP contribution in [-0.2, 0) is 4.79 Å². The van der Waals surface area contributed by atoms with Gasteiger partial charge in [0.1, 0.15) is 11.5 Å². The van der Waals surface area contributed by atoms with Crippen molar-refractivity contribution in [1.82, 2.24) is 0 Å². The third kappa shape index (κ3) is 5.71. The number of aliphatic hydroxyl groups excluding tert-OH is 1. The van der Waals surface area contributed by atoms with Gasteiger partial charge in [-0.15, -0.1) is 0 Å². The molecule has 0 unspecified atom stereocenters. The van der Waals surface area contributed by atoms with Gasteiger partial charge in [0.25, 0.3) is 5.91 Å². The van der Waals surface area contributed by atoms with E-state index in [2.05, 4.69) is 5.32 Å². The number of carbonyl (C=O) groups is 1. The van der Waals surface area contributed by atoms with Crippen molar-refractivity contribution in [3.8, 4) is 5.75 Å². The van der Waals surface area contributed by atoms with E-state index in [-0.39, 0.29) is 11.7 Å². The summed E-state index contributed by atoms with van der Waals surface area (Å²) in [7, 11) is 0. The molecular weight excluding hydrogens is 290 g/mol. The Morgan fingerprint density at radius 3 is 2.48 bits per heavy atom. The quantitative estimate of drug-likeness (QED) is 0.478. The number of hydrogen-bond donors (Lipinski definition) is 2. The number of nitrogens with one attached hydrogen (secondary N) is 1. The zero-order chi connectivity index (χ0) is 16.5. The molecule has 0 aliphatic rings. The highest BCUT2D eigenvalue weighted by Gasteiger charge is 1.99. The molecule has 0 aliphatic heterocycles.